The summed E-state index contributed by atoms with van der Waals surface area (Å²) < 4.78 is 46.1. The van der Waals surface area contributed by atoms with E-state index in [1.54, 1.807) is 16.7 Å². The van der Waals surface area contributed by atoms with E-state index in [1.165, 1.54) is 6.20 Å². The lowest BCUT2D eigenvalue weighted by atomic mass is 9.89. The summed E-state index contributed by atoms with van der Waals surface area (Å²) in [6.07, 6.45) is -1.51. The third-order valence-electron chi connectivity index (χ3n) is 7.43. The molecule has 1 aromatic heterocycles. The van der Waals surface area contributed by atoms with E-state index in [9.17, 15) is 28.1 Å². The van der Waals surface area contributed by atoms with E-state index in [0.29, 0.717) is 52.4 Å². The number of hydrogen-bond acceptors (Lipinski definition) is 6. The second-order valence-electron chi connectivity index (χ2n) is 10.2. The SMILES string of the molecule is C[C@]1(CN2CCN(C(=O)N3CCC(c4ccc(C(F)(F)F)cc4)CC3)CC2)Cn2cc([N+](=O)[O-])nc2O1. The van der Waals surface area contributed by atoms with Gasteiger partial charge < -0.3 is 24.7 Å². The molecular formula is C24H29F3N6O4. The second-order valence-corrected chi connectivity index (χ2v) is 10.2. The van der Waals surface area contributed by atoms with E-state index in [0.717, 1.165) is 30.5 Å². The molecule has 0 unspecified atom stereocenters. The van der Waals surface area contributed by atoms with Crippen molar-refractivity contribution in [1.29, 1.82) is 0 Å². The number of ether oxygens (including phenoxy) is 1. The predicted molar refractivity (Wildman–Crippen MR) is 126 cm³/mol. The van der Waals surface area contributed by atoms with Gasteiger partial charge in [-0.15, -0.1) is 0 Å². The maximum absolute atomic E-state index is 13.1. The molecule has 0 spiro atoms. The van der Waals surface area contributed by atoms with Crippen molar-refractivity contribution < 1.29 is 27.6 Å². The molecule has 3 aliphatic heterocycles. The Hall–Kier alpha value is -3.35. The number of piperazine rings is 1. The van der Waals surface area contributed by atoms with E-state index in [2.05, 4.69) is 9.88 Å². The first kappa shape index (κ1) is 25.3. The zero-order chi connectivity index (χ0) is 26.4. The topological polar surface area (TPSA) is 97.0 Å². The zero-order valence-corrected chi connectivity index (χ0v) is 20.5. The Labute approximate surface area is 211 Å². The van der Waals surface area contributed by atoms with Gasteiger partial charge in [0, 0.05) is 50.8 Å². The Bertz CT molecular complexity index is 1130. The Morgan fingerprint density at radius 2 is 1.73 bits per heavy atom. The summed E-state index contributed by atoms with van der Waals surface area (Å²) in [6.45, 7) is 6.74. The number of halogens is 3. The van der Waals surface area contributed by atoms with E-state index >= 15 is 0 Å². The number of likely N-dealkylation sites (tertiary alicyclic amines) is 1. The van der Waals surface area contributed by atoms with Crippen LogP contribution in [-0.2, 0) is 12.7 Å². The number of rotatable bonds is 4. The molecule has 2 fully saturated rings. The second kappa shape index (κ2) is 9.51. The number of piperidine rings is 1. The molecule has 0 radical (unpaired) electrons. The minimum absolute atomic E-state index is 0.00120. The van der Waals surface area contributed by atoms with Crippen molar-refractivity contribution >= 4 is 11.8 Å². The lowest BCUT2D eigenvalue weighted by Crippen LogP contribution is -2.56. The van der Waals surface area contributed by atoms with Crippen LogP contribution in [-0.4, -0.2) is 86.6 Å². The van der Waals surface area contributed by atoms with Crippen molar-refractivity contribution in [3.8, 4) is 6.01 Å². The molecule has 2 aromatic rings. The summed E-state index contributed by atoms with van der Waals surface area (Å²) in [6, 6.07) is 5.60. The number of nitro groups is 1. The highest BCUT2D eigenvalue weighted by Crippen LogP contribution is 2.34. The summed E-state index contributed by atoms with van der Waals surface area (Å²) in [5, 5.41) is 10.9. The fourth-order valence-corrected chi connectivity index (χ4v) is 5.48. The van der Waals surface area contributed by atoms with Crippen molar-refractivity contribution in [2.24, 2.45) is 0 Å². The van der Waals surface area contributed by atoms with Crippen LogP contribution in [0.15, 0.2) is 30.5 Å². The number of carbonyl (C=O) groups is 1. The van der Waals surface area contributed by atoms with Gasteiger partial charge in [0.15, 0.2) is 0 Å². The van der Waals surface area contributed by atoms with Gasteiger partial charge in [0.2, 0.25) is 0 Å². The number of imidazole rings is 1. The van der Waals surface area contributed by atoms with Crippen molar-refractivity contribution in [1.82, 2.24) is 24.3 Å². The molecule has 13 heteroatoms. The van der Waals surface area contributed by atoms with Gasteiger partial charge in [-0.3, -0.25) is 9.47 Å². The summed E-state index contributed by atoms with van der Waals surface area (Å²) in [5.41, 5.74) is -0.316. The number of amides is 2. The standard InChI is InChI=1S/C24H29F3N6O4/c1-23(16-32-14-20(33(35)36)28-21(32)37-23)15-29-10-12-31(13-11-29)22(34)30-8-6-18(7-9-30)17-2-4-19(5-3-17)24(25,26)27/h2-5,14,18H,6-13,15-16H2,1H3/t23-/m0/s1. The molecule has 1 atom stereocenters. The van der Waals surface area contributed by atoms with E-state index in [-0.39, 0.29) is 23.8 Å². The molecule has 4 heterocycles. The van der Waals surface area contributed by atoms with Crippen LogP contribution in [0.3, 0.4) is 0 Å². The van der Waals surface area contributed by atoms with Crippen molar-refractivity contribution in [2.45, 2.75) is 44.0 Å². The van der Waals surface area contributed by atoms with Gasteiger partial charge in [0.05, 0.1) is 12.1 Å². The minimum Gasteiger partial charge on any atom is -0.436 e. The molecule has 0 saturated carbocycles. The molecule has 0 N–H and O–H groups in total. The zero-order valence-electron chi connectivity index (χ0n) is 20.5. The summed E-state index contributed by atoms with van der Waals surface area (Å²) in [5.74, 6) is -0.0842. The lowest BCUT2D eigenvalue weighted by molar-refractivity contribution is -0.389. The number of carbonyl (C=O) groups excluding carboxylic acids is 1. The number of fused-ring (bicyclic) bond motifs is 1. The van der Waals surface area contributed by atoms with Crippen LogP contribution < -0.4 is 4.74 Å². The molecule has 200 valence electrons. The molecule has 5 rings (SSSR count). The Kier molecular flexibility index (Phi) is 6.50. The van der Waals surface area contributed by atoms with Crippen LogP contribution in [0.1, 0.15) is 36.8 Å². The molecule has 2 saturated heterocycles. The molecule has 10 nitrogen and oxygen atoms in total. The molecule has 3 aliphatic rings. The van der Waals surface area contributed by atoms with Crippen LogP contribution in [0.5, 0.6) is 6.01 Å². The van der Waals surface area contributed by atoms with Crippen molar-refractivity contribution in [2.75, 3.05) is 45.8 Å². The number of alkyl halides is 3. The van der Waals surface area contributed by atoms with Gasteiger partial charge in [-0.25, -0.2) is 4.79 Å². The summed E-state index contributed by atoms with van der Waals surface area (Å²) in [4.78, 5) is 33.3. The van der Waals surface area contributed by atoms with Crippen LogP contribution in [0, 0.1) is 10.1 Å². The molecule has 1 aromatic carbocycles. The monoisotopic (exact) mass is 522 g/mol. The van der Waals surface area contributed by atoms with Crippen LogP contribution in [0.25, 0.3) is 0 Å². The van der Waals surface area contributed by atoms with Gasteiger partial charge in [0.25, 0.3) is 0 Å². The van der Waals surface area contributed by atoms with Gasteiger partial charge >= 0.3 is 24.0 Å². The van der Waals surface area contributed by atoms with Crippen molar-refractivity contribution in [3.05, 3.63) is 51.7 Å². The number of urea groups is 1. The summed E-state index contributed by atoms with van der Waals surface area (Å²) >= 11 is 0. The van der Waals surface area contributed by atoms with Gasteiger partial charge in [0.1, 0.15) is 11.8 Å². The fourth-order valence-electron chi connectivity index (χ4n) is 5.48. The van der Waals surface area contributed by atoms with E-state index in [1.807, 2.05) is 16.7 Å². The van der Waals surface area contributed by atoms with Crippen LogP contribution >= 0.6 is 0 Å². The third kappa shape index (κ3) is 5.36. The Morgan fingerprint density at radius 3 is 2.30 bits per heavy atom. The van der Waals surface area contributed by atoms with Crippen LogP contribution in [0.4, 0.5) is 23.8 Å². The number of aromatic nitrogens is 2. The lowest BCUT2D eigenvalue weighted by Gasteiger charge is -2.41. The predicted octanol–water partition coefficient (Wildman–Crippen LogP) is 3.58. The molecule has 37 heavy (non-hydrogen) atoms. The molecular weight excluding hydrogens is 493 g/mol. The van der Waals surface area contributed by atoms with E-state index < -0.39 is 22.3 Å². The van der Waals surface area contributed by atoms with Gasteiger partial charge in [-0.05, 0) is 48.3 Å². The maximum Gasteiger partial charge on any atom is 0.416 e. The average Bonchev–Trinajstić information content (AvgIpc) is 3.39. The Balaban J connectivity index is 1.07. The number of nitrogens with zero attached hydrogens (tertiary/aromatic N) is 6. The average molecular weight is 523 g/mol. The smallest absolute Gasteiger partial charge is 0.416 e. The molecule has 2 amide bonds. The first-order chi connectivity index (χ1) is 17.5. The molecule has 0 bridgehead atoms. The number of hydrogen-bond donors (Lipinski definition) is 0. The minimum atomic E-state index is -4.34. The third-order valence-corrected chi connectivity index (χ3v) is 7.43. The Morgan fingerprint density at radius 1 is 1.11 bits per heavy atom. The highest BCUT2D eigenvalue weighted by Gasteiger charge is 2.42. The number of benzene rings is 1. The van der Waals surface area contributed by atoms with Gasteiger partial charge in [-0.2, -0.15) is 13.2 Å². The first-order valence-electron chi connectivity index (χ1n) is 12.3. The normalized spacial score (nSPS) is 23.1. The van der Waals surface area contributed by atoms with E-state index in [4.69, 9.17) is 4.74 Å². The van der Waals surface area contributed by atoms with Crippen LogP contribution in [0.2, 0.25) is 0 Å². The highest BCUT2D eigenvalue weighted by molar-refractivity contribution is 5.74. The fraction of sp³-hybridized carbons (Fsp3) is 0.583. The highest BCUT2D eigenvalue weighted by atomic mass is 19.4. The van der Waals surface area contributed by atoms with Crippen molar-refractivity contribution in [3.63, 3.8) is 0 Å². The quantitative estimate of drug-likeness (QED) is 0.450. The first-order valence-corrected chi connectivity index (χ1v) is 12.3. The largest absolute Gasteiger partial charge is 0.436 e. The molecule has 0 aliphatic carbocycles. The maximum atomic E-state index is 13.1. The van der Waals surface area contributed by atoms with Gasteiger partial charge in [-0.1, -0.05) is 12.1 Å². The summed E-state index contributed by atoms with van der Waals surface area (Å²) in [7, 11) is 0.